The Hall–Kier alpha value is -3.37. The average molecular weight is 480 g/mol. The molecule has 0 saturated heterocycles. The number of allylic oxidation sites excluding steroid dienone is 2. The number of amides is 1. The number of likely N-dealkylation sites (N-methyl/N-ethyl adjacent to an activating group) is 1. The molecule has 2 rings (SSSR count). The number of ether oxygens (including phenoxy) is 1. The first-order chi connectivity index (χ1) is 16.1. The summed E-state index contributed by atoms with van der Waals surface area (Å²) in [5.74, 6) is 0.798. The molecule has 2 aromatic rings. The Morgan fingerprint density at radius 2 is 1.91 bits per heavy atom. The maximum atomic E-state index is 12.4. The maximum absolute atomic E-state index is 12.4. The van der Waals surface area contributed by atoms with Crippen molar-refractivity contribution in [3.05, 3.63) is 71.4 Å². The summed E-state index contributed by atoms with van der Waals surface area (Å²) in [4.78, 5) is 16.2. The second kappa shape index (κ2) is 14.7. The topological polar surface area (TPSA) is 106 Å². The minimum atomic E-state index is -4.54. The number of nitrogens with two attached hydrogens (primary N) is 2. The van der Waals surface area contributed by atoms with Crippen molar-refractivity contribution in [3.63, 3.8) is 0 Å². The number of carbonyl (C=O) groups is 1. The molecule has 0 aliphatic rings. The number of rotatable bonds is 10. The number of nitrogens with zero attached hydrogens (tertiary/aromatic N) is 2. The predicted octanol–water partition coefficient (Wildman–Crippen LogP) is 3.52. The van der Waals surface area contributed by atoms with Gasteiger partial charge in [0.2, 0.25) is 6.41 Å². The Morgan fingerprint density at radius 1 is 1.21 bits per heavy atom. The second-order valence-electron chi connectivity index (χ2n) is 7.36. The molecule has 0 spiro atoms. The minimum Gasteiger partial charge on any atom is -0.496 e. The molecule has 0 radical (unpaired) electrons. The van der Waals surface area contributed by atoms with Crippen LogP contribution in [0.15, 0.2) is 65.3 Å². The Kier molecular flexibility index (Phi) is 12.4. The van der Waals surface area contributed by atoms with Crippen LogP contribution < -0.4 is 21.5 Å². The van der Waals surface area contributed by atoms with Crippen molar-refractivity contribution < 1.29 is 22.7 Å². The largest absolute Gasteiger partial charge is 0.496 e. The zero-order valence-corrected chi connectivity index (χ0v) is 19.6. The van der Waals surface area contributed by atoms with Gasteiger partial charge in [0.15, 0.2) is 0 Å². The minimum absolute atomic E-state index is 0.197. The zero-order chi connectivity index (χ0) is 25.6. The van der Waals surface area contributed by atoms with Gasteiger partial charge in [-0.25, -0.2) is 0 Å². The standard InChI is InChI=1S/C15H21F3N4.C9H11NO2/c1-11(8-14(20)15(16,17)18)21-13-5-3-4-12(9-13)10-22(2)7-6-19;1-12-9-5-3-2-4-8(9)6-10-7-11/h3-5,8-9H,6-7,10,19-20H2,1-2H3;2-5,7H,6H2,1H3,(H,10,11)/b14-8-,21-11?;. The number of hydrogen-bond donors (Lipinski definition) is 3. The molecule has 7 nitrogen and oxygen atoms in total. The van der Waals surface area contributed by atoms with E-state index in [4.69, 9.17) is 16.2 Å². The van der Waals surface area contributed by atoms with Crippen LogP contribution in [-0.4, -0.2) is 50.4 Å². The lowest BCUT2D eigenvalue weighted by Gasteiger charge is -2.15. The number of aliphatic imine (C=N–C) groups is 1. The number of halogens is 3. The van der Waals surface area contributed by atoms with E-state index in [0.717, 1.165) is 29.5 Å². The van der Waals surface area contributed by atoms with Gasteiger partial charge in [-0.2, -0.15) is 13.2 Å². The molecular formula is C24H32F3N5O2. The molecule has 1 amide bonds. The number of benzene rings is 2. The summed E-state index contributed by atoms with van der Waals surface area (Å²) in [6.07, 6.45) is -3.04. The van der Waals surface area contributed by atoms with E-state index in [1.54, 1.807) is 13.2 Å². The van der Waals surface area contributed by atoms with Crippen molar-refractivity contribution in [2.75, 3.05) is 27.2 Å². The number of para-hydroxylation sites is 1. The van der Waals surface area contributed by atoms with Gasteiger partial charge in [0.25, 0.3) is 0 Å². The number of alkyl halides is 3. The molecule has 0 heterocycles. The summed E-state index contributed by atoms with van der Waals surface area (Å²) in [6.45, 7) is 4.01. The Balaban J connectivity index is 0.000000404. The van der Waals surface area contributed by atoms with Gasteiger partial charge in [-0.15, -0.1) is 0 Å². The molecule has 10 heteroatoms. The van der Waals surface area contributed by atoms with Gasteiger partial charge in [-0.3, -0.25) is 9.79 Å². The van der Waals surface area contributed by atoms with Gasteiger partial charge in [0.1, 0.15) is 11.4 Å². The smallest absolute Gasteiger partial charge is 0.430 e. The summed E-state index contributed by atoms with van der Waals surface area (Å²) in [5, 5.41) is 2.58. The molecule has 186 valence electrons. The monoisotopic (exact) mass is 479 g/mol. The van der Waals surface area contributed by atoms with Crippen LogP contribution in [-0.2, 0) is 17.9 Å². The van der Waals surface area contributed by atoms with Crippen molar-refractivity contribution in [1.82, 2.24) is 10.2 Å². The Morgan fingerprint density at radius 3 is 2.53 bits per heavy atom. The van der Waals surface area contributed by atoms with Crippen LogP contribution in [0.2, 0.25) is 0 Å². The van der Waals surface area contributed by atoms with Crippen molar-refractivity contribution in [3.8, 4) is 5.75 Å². The van der Waals surface area contributed by atoms with Crippen LogP contribution in [0.25, 0.3) is 0 Å². The fraction of sp³-hybridized carbons (Fsp3) is 0.333. The van der Waals surface area contributed by atoms with Crippen molar-refractivity contribution in [2.45, 2.75) is 26.2 Å². The van der Waals surface area contributed by atoms with E-state index in [1.165, 1.54) is 6.92 Å². The summed E-state index contributed by atoms with van der Waals surface area (Å²) in [6, 6.07) is 14.9. The predicted molar refractivity (Wildman–Crippen MR) is 129 cm³/mol. The first-order valence-electron chi connectivity index (χ1n) is 10.5. The molecule has 0 aliphatic carbocycles. The lowest BCUT2D eigenvalue weighted by Crippen LogP contribution is -2.24. The average Bonchev–Trinajstić information content (AvgIpc) is 2.78. The summed E-state index contributed by atoms with van der Waals surface area (Å²) in [5.41, 5.74) is 12.1. The third-order valence-corrected chi connectivity index (χ3v) is 4.44. The van der Waals surface area contributed by atoms with E-state index in [-0.39, 0.29) is 5.71 Å². The van der Waals surface area contributed by atoms with Crippen LogP contribution in [0.1, 0.15) is 18.1 Å². The third-order valence-electron chi connectivity index (χ3n) is 4.44. The SMILES string of the molecule is CC(/C=C(\N)C(F)(F)F)=Nc1cccc(CN(C)CCN)c1.COc1ccccc1CNC=O. The number of nitrogens with one attached hydrogen (secondary N) is 1. The molecule has 0 unspecified atom stereocenters. The van der Waals surface area contributed by atoms with Gasteiger partial charge >= 0.3 is 6.18 Å². The highest BCUT2D eigenvalue weighted by Gasteiger charge is 2.31. The molecule has 0 atom stereocenters. The normalized spacial score (nSPS) is 12.1. The van der Waals surface area contributed by atoms with E-state index in [0.29, 0.717) is 31.7 Å². The van der Waals surface area contributed by atoms with Crippen LogP contribution in [0.3, 0.4) is 0 Å². The number of carbonyl (C=O) groups excluding carboxylic acids is 1. The highest BCUT2D eigenvalue weighted by molar-refractivity contribution is 5.95. The van der Waals surface area contributed by atoms with Gasteiger partial charge in [0, 0.05) is 37.5 Å². The molecule has 2 aromatic carbocycles. The van der Waals surface area contributed by atoms with Crippen LogP contribution in [0.4, 0.5) is 18.9 Å². The molecule has 5 N–H and O–H groups in total. The van der Waals surface area contributed by atoms with Crippen molar-refractivity contribution >= 4 is 17.8 Å². The lowest BCUT2D eigenvalue weighted by molar-refractivity contribution is -0.109. The highest BCUT2D eigenvalue weighted by atomic mass is 19.4. The van der Waals surface area contributed by atoms with E-state index < -0.39 is 11.9 Å². The molecular weight excluding hydrogens is 447 g/mol. The quantitative estimate of drug-likeness (QED) is 0.357. The third kappa shape index (κ3) is 11.0. The van der Waals surface area contributed by atoms with Crippen LogP contribution in [0, 0.1) is 0 Å². The Labute approximate surface area is 198 Å². The van der Waals surface area contributed by atoms with Gasteiger partial charge in [-0.1, -0.05) is 30.3 Å². The fourth-order valence-corrected chi connectivity index (χ4v) is 2.88. The van der Waals surface area contributed by atoms with E-state index in [2.05, 4.69) is 15.2 Å². The molecule has 0 saturated carbocycles. The van der Waals surface area contributed by atoms with Gasteiger partial charge in [0.05, 0.1) is 12.8 Å². The van der Waals surface area contributed by atoms with Crippen molar-refractivity contribution in [1.29, 1.82) is 0 Å². The number of hydrogen-bond acceptors (Lipinski definition) is 6. The van der Waals surface area contributed by atoms with Gasteiger partial charge in [-0.05, 0) is 43.8 Å². The fourth-order valence-electron chi connectivity index (χ4n) is 2.88. The molecule has 0 fully saturated rings. The van der Waals surface area contributed by atoms with E-state index in [9.17, 15) is 18.0 Å². The highest BCUT2D eigenvalue weighted by Crippen LogP contribution is 2.22. The van der Waals surface area contributed by atoms with Crippen LogP contribution in [0.5, 0.6) is 5.75 Å². The van der Waals surface area contributed by atoms with E-state index >= 15 is 0 Å². The molecule has 0 aliphatic heterocycles. The zero-order valence-electron chi connectivity index (χ0n) is 19.6. The first kappa shape index (κ1) is 28.7. The maximum Gasteiger partial charge on any atom is 0.430 e. The second-order valence-corrected chi connectivity index (χ2v) is 7.36. The molecule has 0 bridgehead atoms. The number of methoxy groups -OCH3 is 1. The van der Waals surface area contributed by atoms with Crippen LogP contribution >= 0.6 is 0 Å². The first-order valence-corrected chi connectivity index (χ1v) is 10.5. The van der Waals surface area contributed by atoms with E-state index in [1.807, 2.05) is 49.5 Å². The lowest BCUT2D eigenvalue weighted by atomic mass is 10.2. The summed E-state index contributed by atoms with van der Waals surface area (Å²) >= 11 is 0. The molecule has 0 aromatic heterocycles. The van der Waals surface area contributed by atoms with Gasteiger partial charge < -0.3 is 26.4 Å². The Bertz CT molecular complexity index is 962. The molecule has 34 heavy (non-hydrogen) atoms. The van der Waals surface area contributed by atoms with Crippen molar-refractivity contribution in [2.24, 2.45) is 16.5 Å². The summed E-state index contributed by atoms with van der Waals surface area (Å²) < 4.78 is 42.2. The summed E-state index contributed by atoms with van der Waals surface area (Å²) in [7, 11) is 3.56.